The number of hydrazone groups is 1. The minimum absolute atomic E-state index is 0.232. The zero-order valence-electron chi connectivity index (χ0n) is 14.3. The Kier molecular flexibility index (Phi) is 6.07. The Balaban J connectivity index is 1.57. The van der Waals surface area contributed by atoms with Gasteiger partial charge in [0.25, 0.3) is 0 Å². The molecule has 0 heterocycles. The van der Waals surface area contributed by atoms with Crippen LogP contribution in [0.3, 0.4) is 0 Å². The molecule has 0 bridgehead atoms. The van der Waals surface area contributed by atoms with Gasteiger partial charge in [0.1, 0.15) is 12.4 Å². The van der Waals surface area contributed by atoms with E-state index in [1.807, 2.05) is 48.5 Å². The van der Waals surface area contributed by atoms with Crippen molar-refractivity contribution in [1.29, 1.82) is 0 Å². The molecule has 0 saturated carbocycles. The molecule has 6 heteroatoms. The van der Waals surface area contributed by atoms with Crippen LogP contribution >= 0.6 is 11.6 Å². The van der Waals surface area contributed by atoms with Crippen molar-refractivity contribution in [2.24, 2.45) is 5.10 Å². The zero-order valence-corrected chi connectivity index (χ0v) is 15.1. The lowest BCUT2D eigenvalue weighted by molar-refractivity contribution is 0.0697. The van der Waals surface area contributed by atoms with E-state index in [-0.39, 0.29) is 5.56 Å². The lowest BCUT2D eigenvalue weighted by atomic mass is 10.2. The lowest BCUT2D eigenvalue weighted by Crippen LogP contribution is -1.97. The number of carbonyl (C=O) groups is 1. The summed E-state index contributed by atoms with van der Waals surface area (Å²) in [6.45, 7) is 0.450. The Hall–Kier alpha value is -3.31. The van der Waals surface area contributed by atoms with Gasteiger partial charge in [-0.05, 0) is 59.7 Å². The summed E-state index contributed by atoms with van der Waals surface area (Å²) in [6, 6.07) is 21.4. The molecule has 0 unspecified atom stereocenters. The number of ether oxygens (including phenoxy) is 1. The van der Waals surface area contributed by atoms with E-state index in [0.717, 1.165) is 16.9 Å². The molecule has 3 rings (SSSR count). The molecule has 0 aliphatic heterocycles. The standard InChI is InChI=1S/C21H17ClN2O3/c22-18-8-4-15(5-9-18)14-27-20-3-1-2-16(12-20)13-23-24-19-10-6-17(7-11-19)21(25)26/h1-13,24H,14H2,(H,25,26). The predicted octanol–water partition coefficient (Wildman–Crippen LogP) is 5.06. The van der Waals surface area contributed by atoms with Crippen molar-refractivity contribution in [3.63, 3.8) is 0 Å². The Morgan fingerprint density at radius 3 is 2.52 bits per heavy atom. The molecule has 0 spiro atoms. The molecule has 0 aliphatic rings. The molecule has 0 radical (unpaired) electrons. The predicted molar refractivity (Wildman–Crippen MR) is 107 cm³/mol. The molecular formula is C21H17ClN2O3. The summed E-state index contributed by atoms with van der Waals surface area (Å²) in [7, 11) is 0. The molecular weight excluding hydrogens is 364 g/mol. The molecule has 0 aromatic heterocycles. The van der Waals surface area contributed by atoms with Crippen molar-refractivity contribution in [2.45, 2.75) is 6.61 Å². The molecule has 2 N–H and O–H groups in total. The van der Waals surface area contributed by atoms with Crippen LogP contribution in [-0.2, 0) is 6.61 Å². The molecule has 27 heavy (non-hydrogen) atoms. The van der Waals surface area contributed by atoms with Crippen molar-refractivity contribution >= 4 is 29.5 Å². The van der Waals surface area contributed by atoms with Crippen LogP contribution in [0.4, 0.5) is 5.69 Å². The number of halogens is 1. The number of hydrogen-bond acceptors (Lipinski definition) is 4. The van der Waals surface area contributed by atoms with Gasteiger partial charge in [0.05, 0.1) is 17.5 Å². The highest BCUT2D eigenvalue weighted by atomic mass is 35.5. The third-order valence-electron chi connectivity index (χ3n) is 3.72. The van der Waals surface area contributed by atoms with E-state index in [1.54, 1.807) is 18.3 Å². The molecule has 3 aromatic rings. The van der Waals surface area contributed by atoms with Crippen molar-refractivity contribution in [3.8, 4) is 5.75 Å². The number of rotatable bonds is 7. The van der Waals surface area contributed by atoms with Crippen molar-refractivity contribution in [1.82, 2.24) is 0 Å². The fourth-order valence-corrected chi connectivity index (χ4v) is 2.43. The van der Waals surface area contributed by atoms with Crippen molar-refractivity contribution < 1.29 is 14.6 Å². The second kappa shape index (κ2) is 8.87. The maximum atomic E-state index is 10.8. The SMILES string of the molecule is O=C(O)c1ccc(NN=Cc2cccc(OCc3ccc(Cl)cc3)c2)cc1. The van der Waals surface area contributed by atoms with Gasteiger partial charge in [-0.2, -0.15) is 5.10 Å². The zero-order chi connectivity index (χ0) is 19.1. The van der Waals surface area contributed by atoms with Crippen LogP contribution in [0.25, 0.3) is 0 Å². The van der Waals surface area contributed by atoms with Gasteiger partial charge < -0.3 is 9.84 Å². The van der Waals surface area contributed by atoms with Crippen LogP contribution in [0.2, 0.25) is 5.02 Å². The summed E-state index contributed by atoms with van der Waals surface area (Å²) < 4.78 is 5.79. The maximum Gasteiger partial charge on any atom is 0.335 e. The van der Waals surface area contributed by atoms with Crippen LogP contribution < -0.4 is 10.2 Å². The first-order valence-corrected chi connectivity index (χ1v) is 8.58. The van der Waals surface area contributed by atoms with Crippen LogP contribution in [0.15, 0.2) is 77.9 Å². The van der Waals surface area contributed by atoms with E-state index in [9.17, 15) is 4.79 Å². The van der Waals surface area contributed by atoms with Crippen LogP contribution in [0.1, 0.15) is 21.5 Å². The normalized spacial score (nSPS) is 10.7. The summed E-state index contributed by atoms with van der Waals surface area (Å²) in [5, 5.41) is 13.7. The van der Waals surface area contributed by atoms with E-state index in [2.05, 4.69) is 10.5 Å². The Morgan fingerprint density at radius 1 is 1.07 bits per heavy atom. The molecule has 0 atom stereocenters. The lowest BCUT2D eigenvalue weighted by Gasteiger charge is -2.07. The average molecular weight is 381 g/mol. The molecule has 3 aromatic carbocycles. The third kappa shape index (κ3) is 5.59. The first kappa shape index (κ1) is 18.5. The van der Waals surface area contributed by atoms with E-state index >= 15 is 0 Å². The van der Waals surface area contributed by atoms with Gasteiger partial charge in [0.15, 0.2) is 0 Å². The third-order valence-corrected chi connectivity index (χ3v) is 3.97. The van der Waals surface area contributed by atoms with Gasteiger partial charge >= 0.3 is 5.97 Å². The molecule has 136 valence electrons. The molecule has 0 aliphatic carbocycles. The molecule has 0 amide bonds. The van der Waals surface area contributed by atoms with Crippen LogP contribution in [0.5, 0.6) is 5.75 Å². The first-order valence-electron chi connectivity index (χ1n) is 8.20. The smallest absolute Gasteiger partial charge is 0.335 e. The fraction of sp³-hybridized carbons (Fsp3) is 0.0476. The van der Waals surface area contributed by atoms with Gasteiger partial charge in [-0.15, -0.1) is 0 Å². The first-order chi connectivity index (χ1) is 13.1. The topological polar surface area (TPSA) is 70.9 Å². The Morgan fingerprint density at radius 2 is 1.81 bits per heavy atom. The minimum atomic E-state index is -0.958. The second-order valence-electron chi connectivity index (χ2n) is 5.74. The van der Waals surface area contributed by atoms with Gasteiger partial charge in [-0.3, -0.25) is 5.43 Å². The second-order valence-corrected chi connectivity index (χ2v) is 6.18. The average Bonchev–Trinajstić information content (AvgIpc) is 2.68. The molecule has 5 nitrogen and oxygen atoms in total. The fourth-order valence-electron chi connectivity index (χ4n) is 2.30. The van der Waals surface area contributed by atoms with E-state index < -0.39 is 5.97 Å². The Labute approximate surface area is 161 Å². The number of nitrogens with one attached hydrogen (secondary N) is 1. The summed E-state index contributed by atoms with van der Waals surface area (Å²) in [5.74, 6) is -0.222. The van der Waals surface area contributed by atoms with Gasteiger partial charge in [-0.25, -0.2) is 4.79 Å². The maximum absolute atomic E-state index is 10.8. The summed E-state index contributed by atoms with van der Waals surface area (Å²) in [4.78, 5) is 10.8. The Bertz CT molecular complexity index is 938. The number of hydrogen-bond donors (Lipinski definition) is 2. The van der Waals surface area contributed by atoms with E-state index in [0.29, 0.717) is 17.3 Å². The van der Waals surface area contributed by atoms with Crippen LogP contribution in [-0.4, -0.2) is 17.3 Å². The number of carboxylic acid groups (broad SMARTS) is 1. The van der Waals surface area contributed by atoms with Gasteiger partial charge in [0, 0.05) is 5.02 Å². The van der Waals surface area contributed by atoms with Gasteiger partial charge in [-0.1, -0.05) is 35.9 Å². The van der Waals surface area contributed by atoms with Crippen LogP contribution in [0, 0.1) is 0 Å². The molecule has 0 fully saturated rings. The monoisotopic (exact) mass is 380 g/mol. The molecule has 0 saturated heterocycles. The quantitative estimate of drug-likeness (QED) is 0.443. The summed E-state index contributed by atoms with van der Waals surface area (Å²) >= 11 is 5.88. The number of nitrogens with zero attached hydrogens (tertiary/aromatic N) is 1. The van der Waals surface area contributed by atoms with Crippen molar-refractivity contribution in [3.05, 3.63) is 94.5 Å². The summed E-state index contributed by atoms with van der Waals surface area (Å²) in [6.07, 6.45) is 1.67. The van der Waals surface area contributed by atoms with E-state index in [1.165, 1.54) is 12.1 Å². The number of anilines is 1. The minimum Gasteiger partial charge on any atom is -0.489 e. The number of aromatic carboxylic acids is 1. The largest absolute Gasteiger partial charge is 0.489 e. The number of benzene rings is 3. The van der Waals surface area contributed by atoms with E-state index in [4.69, 9.17) is 21.4 Å². The summed E-state index contributed by atoms with van der Waals surface area (Å²) in [5.41, 5.74) is 5.70. The highest BCUT2D eigenvalue weighted by Crippen LogP contribution is 2.16. The van der Waals surface area contributed by atoms with Crippen molar-refractivity contribution in [2.75, 3.05) is 5.43 Å². The van der Waals surface area contributed by atoms with Gasteiger partial charge in [0.2, 0.25) is 0 Å². The number of carboxylic acids is 1. The highest BCUT2D eigenvalue weighted by molar-refractivity contribution is 6.30. The highest BCUT2D eigenvalue weighted by Gasteiger charge is 2.01.